The molecule has 0 aliphatic carbocycles. The number of benzene rings is 3. The number of carbonyl (C=O) groups is 2. The molecule has 0 unspecified atom stereocenters. The fourth-order valence-electron chi connectivity index (χ4n) is 4.68. The molecule has 0 N–H and O–H groups in total. The molecule has 2 heterocycles. The van der Waals surface area contributed by atoms with Crippen LogP contribution in [0.25, 0.3) is 0 Å². The van der Waals surface area contributed by atoms with Crippen LogP contribution in [0.4, 0.5) is 15.8 Å². The van der Waals surface area contributed by atoms with Crippen LogP contribution in [0.1, 0.15) is 11.6 Å². The summed E-state index contributed by atoms with van der Waals surface area (Å²) < 4.78 is 30.5. The Hall–Kier alpha value is -4.11. The van der Waals surface area contributed by atoms with Gasteiger partial charge in [0.2, 0.25) is 5.91 Å². The number of nitrogens with zero attached hydrogens (tertiary/aromatic N) is 2. The fourth-order valence-corrected chi connectivity index (χ4v) is 4.68. The molecule has 0 saturated carbocycles. The molecule has 2 fully saturated rings. The number of halogens is 1. The highest BCUT2D eigenvalue weighted by molar-refractivity contribution is 6.24. The molecule has 2 aliphatic rings. The third-order valence-electron chi connectivity index (χ3n) is 6.25. The number of ether oxygens (including phenoxy) is 3. The second-order valence-electron chi connectivity index (χ2n) is 8.10. The molecule has 3 aromatic carbocycles. The first kappa shape index (κ1) is 22.7. The van der Waals surface area contributed by atoms with Crippen LogP contribution < -0.4 is 24.2 Å². The van der Waals surface area contributed by atoms with E-state index in [0.717, 1.165) is 11.0 Å². The summed E-state index contributed by atoms with van der Waals surface area (Å²) in [6.07, 6.45) is -1.10. The average molecular weight is 478 g/mol. The van der Waals surface area contributed by atoms with Gasteiger partial charge < -0.3 is 14.2 Å². The zero-order chi connectivity index (χ0) is 24.7. The van der Waals surface area contributed by atoms with E-state index in [4.69, 9.17) is 19.0 Å². The Kier molecular flexibility index (Phi) is 5.78. The molecule has 180 valence electrons. The molecular weight excluding hydrogens is 455 g/mol. The summed E-state index contributed by atoms with van der Waals surface area (Å²) in [4.78, 5) is 34.2. The molecule has 2 aliphatic heterocycles. The summed E-state index contributed by atoms with van der Waals surface area (Å²) in [6.45, 7) is 0. The topological polar surface area (TPSA) is 77.5 Å². The summed E-state index contributed by atoms with van der Waals surface area (Å²) in [5.41, 5.74) is 1.38. The number of fused-ring (bicyclic) bond motifs is 1. The van der Waals surface area contributed by atoms with E-state index in [1.165, 1.54) is 39.5 Å². The fraction of sp³-hybridized carbons (Fsp3) is 0.231. The highest BCUT2D eigenvalue weighted by Gasteiger charge is 2.61. The lowest BCUT2D eigenvalue weighted by Crippen LogP contribution is -2.37. The first-order valence-electron chi connectivity index (χ1n) is 10.9. The van der Waals surface area contributed by atoms with Gasteiger partial charge in [0.15, 0.2) is 17.6 Å². The number of imide groups is 1. The number of methoxy groups -OCH3 is 3. The van der Waals surface area contributed by atoms with Gasteiger partial charge in [-0.25, -0.2) is 14.4 Å². The Morgan fingerprint density at radius 2 is 1.43 bits per heavy atom. The largest absolute Gasteiger partial charge is 0.496 e. The Morgan fingerprint density at radius 3 is 2.09 bits per heavy atom. The third-order valence-corrected chi connectivity index (χ3v) is 6.25. The van der Waals surface area contributed by atoms with Crippen LogP contribution in [0.15, 0.2) is 66.7 Å². The van der Waals surface area contributed by atoms with E-state index >= 15 is 0 Å². The van der Waals surface area contributed by atoms with Gasteiger partial charge in [-0.15, -0.1) is 0 Å². The van der Waals surface area contributed by atoms with E-state index in [9.17, 15) is 14.0 Å². The summed E-state index contributed by atoms with van der Waals surface area (Å²) >= 11 is 0. The summed E-state index contributed by atoms with van der Waals surface area (Å²) in [5.74, 6) is -1.21. The highest BCUT2D eigenvalue weighted by atomic mass is 19.1. The van der Waals surface area contributed by atoms with Crippen LogP contribution in [-0.4, -0.2) is 39.2 Å². The lowest BCUT2D eigenvalue weighted by Gasteiger charge is -2.30. The van der Waals surface area contributed by atoms with Crippen LogP contribution >= 0.6 is 0 Å². The van der Waals surface area contributed by atoms with E-state index in [1.807, 2.05) is 30.3 Å². The molecule has 8 nitrogen and oxygen atoms in total. The van der Waals surface area contributed by atoms with E-state index < -0.39 is 35.7 Å². The Morgan fingerprint density at radius 1 is 0.771 bits per heavy atom. The van der Waals surface area contributed by atoms with Gasteiger partial charge in [0.1, 0.15) is 23.5 Å². The molecule has 0 radical (unpaired) electrons. The quantitative estimate of drug-likeness (QED) is 0.498. The van der Waals surface area contributed by atoms with Gasteiger partial charge in [0.05, 0.1) is 32.7 Å². The molecule has 0 aromatic heterocycles. The standard InChI is InChI=1S/C26H23FN2O6/c1-32-19-14-21(34-3)20(33-2)13-18(19)23-22-24(35-29(23)16-9-5-4-6-10-16)26(31)28(25(22)30)17-11-7-8-15(27)12-17/h4-14,22-24H,1-3H3/t22-,23-,24+/m1/s1. The maximum absolute atomic E-state index is 13.9. The number of carbonyl (C=O) groups excluding carboxylic acids is 2. The average Bonchev–Trinajstić information content (AvgIpc) is 3.39. The SMILES string of the molecule is COc1cc(OC)c([C@@H]2[C@H]3C(=O)N(c4cccc(F)c4)C(=O)[C@H]3ON2c2ccccc2)cc1OC. The maximum Gasteiger partial charge on any atom is 0.266 e. The molecule has 0 bridgehead atoms. The van der Waals surface area contributed by atoms with Crippen molar-refractivity contribution >= 4 is 23.2 Å². The van der Waals surface area contributed by atoms with E-state index in [-0.39, 0.29) is 5.69 Å². The maximum atomic E-state index is 13.9. The van der Waals surface area contributed by atoms with Crippen LogP contribution in [0.2, 0.25) is 0 Å². The Labute approximate surface area is 201 Å². The number of anilines is 2. The number of hydroxylamine groups is 1. The van der Waals surface area contributed by atoms with Gasteiger partial charge in [0, 0.05) is 11.6 Å². The minimum Gasteiger partial charge on any atom is -0.496 e. The van der Waals surface area contributed by atoms with Gasteiger partial charge in [-0.05, 0) is 36.4 Å². The smallest absolute Gasteiger partial charge is 0.266 e. The normalized spacial score (nSPS) is 21.3. The molecular formula is C26H23FN2O6. The number of hydrogen-bond acceptors (Lipinski definition) is 7. The van der Waals surface area contributed by atoms with Crippen molar-refractivity contribution in [2.24, 2.45) is 5.92 Å². The molecule has 2 amide bonds. The van der Waals surface area contributed by atoms with Crippen molar-refractivity contribution in [2.45, 2.75) is 12.1 Å². The molecule has 0 spiro atoms. The molecule has 35 heavy (non-hydrogen) atoms. The molecule has 3 atom stereocenters. The lowest BCUT2D eigenvalue weighted by molar-refractivity contribution is -0.126. The van der Waals surface area contributed by atoms with Crippen molar-refractivity contribution < 1.29 is 33.0 Å². The summed E-state index contributed by atoms with van der Waals surface area (Å²) in [7, 11) is 4.52. The van der Waals surface area contributed by atoms with Crippen LogP contribution in [0.5, 0.6) is 17.2 Å². The van der Waals surface area contributed by atoms with E-state index in [2.05, 4.69) is 0 Å². The van der Waals surface area contributed by atoms with Crippen molar-refractivity contribution in [3.8, 4) is 17.2 Å². The van der Waals surface area contributed by atoms with Crippen LogP contribution in [0.3, 0.4) is 0 Å². The van der Waals surface area contributed by atoms with Gasteiger partial charge in [-0.3, -0.25) is 14.4 Å². The zero-order valence-electron chi connectivity index (χ0n) is 19.3. The predicted octanol–water partition coefficient (Wildman–Crippen LogP) is 3.90. The molecule has 5 rings (SSSR count). The van der Waals surface area contributed by atoms with Crippen molar-refractivity contribution in [3.63, 3.8) is 0 Å². The third kappa shape index (κ3) is 3.64. The number of rotatable bonds is 6. The van der Waals surface area contributed by atoms with Gasteiger partial charge in [-0.2, -0.15) is 0 Å². The predicted molar refractivity (Wildman–Crippen MR) is 125 cm³/mol. The first-order valence-corrected chi connectivity index (χ1v) is 10.9. The Bertz CT molecular complexity index is 1280. The van der Waals surface area contributed by atoms with Crippen molar-refractivity contribution in [3.05, 3.63) is 78.1 Å². The number of amides is 2. The first-order chi connectivity index (χ1) is 17.0. The van der Waals surface area contributed by atoms with Crippen LogP contribution in [0, 0.1) is 11.7 Å². The van der Waals surface area contributed by atoms with Crippen molar-refractivity contribution in [2.75, 3.05) is 31.3 Å². The molecule has 3 aromatic rings. The van der Waals surface area contributed by atoms with Crippen LogP contribution in [-0.2, 0) is 14.4 Å². The summed E-state index contributed by atoms with van der Waals surface area (Å²) in [6, 6.07) is 17.2. The van der Waals surface area contributed by atoms with Crippen molar-refractivity contribution in [1.29, 1.82) is 0 Å². The molecule has 9 heteroatoms. The number of hydrogen-bond donors (Lipinski definition) is 0. The van der Waals surface area contributed by atoms with E-state index in [0.29, 0.717) is 28.5 Å². The lowest BCUT2D eigenvalue weighted by atomic mass is 9.89. The summed E-state index contributed by atoms with van der Waals surface area (Å²) in [5, 5.41) is 1.55. The number of para-hydroxylation sites is 1. The zero-order valence-corrected chi connectivity index (χ0v) is 19.3. The highest BCUT2D eigenvalue weighted by Crippen LogP contribution is 2.51. The van der Waals surface area contributed by atoms with E-state index in [1.54, 1.807) is 17.2 Å². The van der Waals surface area contributed by atoms with Gasteiger partial charge in [-0.1, -0.05) is 24.3 Å². The Balaban J connectivity index is 1.66. The van der Waals surface area contributed by atoms with Gasteiger partial charge >= 0.3 is 0 Å². The minimum atomic E-state index is -1.10. The van der Waals surface area contributed by atoms with Crippen molar-refractivity contribution in [1.82, 2.24) is 0 Å². The monoisotopic (exact) mass is 478 g/mol. The second kappa shape index (κ2) is 8.92. The second-order valence-corrected chi connectivity index (χ2v) is 8.10. The minimum absolute atomic E-state index is 0.155. The van der Waals surface area contributed by atoms with Gasteiger partial charge in [0.25, 0.3) is 5.91 Å². The molecule has 2 saturated heterocycles.